The molecular formula is C71H88N6O10. The van der Waals surface area contributed by atoms with E-state index >= 15 is 4.79 Å². The molecule has 2 fully saturated rings. The number of nitrogens with two attached hydrogens (primary N) is 3. The number of aromatic hydroxyl groups is 1. The molecule has 0 aromatic heterocycles. The summed E-state index contributed by atoms with van der Waals surface area (Å²) in [5, 5.41) is 90.1. The minimum Gasteiger partial charge on any atom is -0.508 e. The maximum atomic E-state index is 15.2. The summed E-state index contributed by atoms with van der Waals surface area (Å²) in [7, 11) is 0. The molecule has 3 heterocycles. The number of nitrogens with zero attached hydrogens (tertiary/aromatic N) is 1. The van der Waals surface area contributed by atoms with Gasteiger partial charge in [-0.2, -0.15) is 0 Å². The Labute approximate surface area is 511 Å². The van der Waals surface area contributed by atoms with Crippen molar-refractivity contribution in [1.82, 2.24) is 10.6 Å². The normalized spacial score (nSPS) is 28.9. The molecule has 2 bridgehead atoms. The number of phenols is 1. The van der Waals surface area contributed by atoms with Crippen molar-refractivity contribution in [2.24, 2.45) is 45.4 Å². The first-order valence-electron chi connectivity index (χ1n) is 30.7. The SMILES string of the molecule is C=C1C=CC=C(C2CCC3(C4CCC(O)Cc5cccc(c5)CC(C(CN=C(N)N)c5ccc(O)cc5)C(O)CNC5C(=O)NC(N)c6cccc(c65)CC(=O)C(C)=C4CCC3(C)O)C2O)COCC#CCC(CCCc2ccccc2)=CCC1(O)O. The van der Waals surface area contributed by atoms with E-state index < -0.39 is 76.9 Å². The van der Waals surface area contributed by atoms with Crippen molar-refractivity contribution in [1.29, 1.82) is 0 Å². The molecule has 0 radical (unpaired) electrons. The van der Waals surface area contributed by atoms with Gasteiger partial charge < -0.3 is 63.0 Å². The Balaban J connectivity index is 1.06. The van der Waals surface area contributed by atoms with Gasteiger partial charge in [-0.3, -0.25) is 19.9 Å². The number of aryl methyl sites for hydroxylation is 1. The van der Waals surface area contributed by atoms with Crippen molar-refractivity contribution < 1.29 is 50.1 Å². The molecule has 87 heavy (non-hydrogen) atoms. The second kappa shape index (κ2) is 28.4. The molecule has 0 saturated heterocycles. The van der Waals surface area contributed by atoms with Crippen LogP contribution in [0.5, 0.6) is 5.75 Å². The summed E-state index contributed by atoms with van der Waals surface area (Å²) < 4.78 is 6.28. The van der Waals surface area contributed by atoms with Gasteiger partial charge in [0, 0.05) is 55.2 Å². The molecular weight excluding hydrogens is 1100 g/mol. The number of phenolic OH excluding ortho intramolecular Hbond substituents is 1. The molecule has 11 atom stereocenters. The summed E-state index contributed by atoms with van der Waals surface area (Å²) >= 11 is 0. The molecule has 4 aromatic rings. The Morgan fingerprint density at radius 3 is 2.40 bits per heavy atom. The van der Waals surface area contributed by atoms with Crippen LogP contribution in [0.25, 0.3) is 0 Å². The zero-order chi connectivity index (χ0) is 62.0. The van der Waals surface area contributed by atoms with Crippen LogP contribution >= 0.6 is 0 Å². The molecule has 9 rings (SSSR count). The number of allylic oxidation sites excluding steroid dienone is 5. The van der Waals surface area contributed by atoms with Gasteiger partial charge in [-0.05, 0) is 159 Å². The zero-order valence-electron chi connectivity index (χ0n) is 50.2. The Morgan fingerprint density at radius 1 is 0.897 bits per heavy atom. The van der Waals surface area contributed by atoms with Gasteiger partial charge in [-0.1, -0.05) is 139 Å². The summed E-state index contributed by atoms with van der Waals surface area (Å²) in [6, 6.07) is 29.1. The monoisotopic (exact) mass is 1180 g/mol. The lowest BCUT2D eigenvalue weighted by Crippen LogP contribution is -2.59. The number of Topliss-reactive ketones (excluding diaryl/α,β-unsaturated/α-hetero) is 1. The lowest BCUT2D eigenvalue weighted by atomic mass is 9.52. The van der Waals surface area contributed by atoms with Gasteiger partial charge in [-0.15, -0.1) is 0 Å². The average Bonchev–Trinajstić information content (AvgIpc) is 1.67. The van der Waals surface area contributed by atoms with Crippen LogP contribution in [-0.2, 0) is 40.0 Å². The highest BCUT2D eigenvalue weighted by Gasteiger charge is 2.64. The highest BCUT2D eigenvalue weighted by Crippen LogP contribution is 2.63. The van der Waals surface area contributed by atoms with Crippen LogP contribution in [0, 0.1) is 35.0 Å². The number of benzene rings is 4. The van der Waals surface area contributed by atoms with E-state index in [9.17, 15) is 40.5 Å². The third kappa shape index (κ3) is 15.1. The van der Waals surface area contributed by atoms with Crippen molar-refractivity contribution in [3.05, 3.63) is 195 Å². The van der Waals surface area contributed by atoms with Gasteiger partial charge in [0.25, 0.3) is 0 Å². The summed E-state index contributed by atoms with van der Waals surface area (Å²) in [5.41, 5.74) is 24.3. The van der Waals surface area contributed by atoms with Gasteiger partial charge in [0.05, 0.1) is 30.5 Å². The molecule has 2 saturated carbocycles. The first-order valence-corrected chi connectivity index (χ1v) is 30.7. The van der Waals surface area contributed by atoms with E-state index in [4.69, 9.17) is 21.9 Å². The third-order valence-corrected chi connectivity index (χ3v) is 19.4. The summed E-state index contributed by atoms with van der Waals surface area (Å²) in [6.07, 6.45) is 8.12. The Bertz CT molecular complexity index is 3330. The first kappa shape index (κ1) is 64.5. The number of nitrogens with one attached hydrogen (secondary N) is 2. The van der Waals surface area contributed by atoms with Gasteiger partial charge in [0.15, 0.2) is 17.5 Å². The number of β-amino-alcohol motifs (C(OH)–C–C–N with tert-alkyl or cyclic N) is 1. The number of amides is 1. The highest BCUT2D eigenvalue weighted by atomic mass is 16.5. The lowest BCUT2D eigenvalue weighted by molar-refractivity contribution is -0.168. The number of fused-ring (bicyclic) bond motifs is 4. The molecule has 4 aromatic carbocycles. The predicted molar refractivity (Wildman–Crippen MR) is 337 cm³/mol. The second-order valence-corrected chi connectivity index (χ2v) is 25.0. The number of aliphatic hydroxyl groups is 6. The number of guanidine groups is 1. The molecule has 1 spiro atoms. The van der Waals surface area contributed by atoms with Crippen LogP contribution < -0.4 is 27.8 Å². The topological polar surface area (TPSA) is 299 Å². The summed E-state index contributed by atoms with van der Waals surface area (Å²) in [5.74, 6) is 1.24. The second-order valence-electron chi connectivity index (χ2n) is 25.0. The number of aliphatic hydroxyl groups excluding tert-OH is 3. The van der Waals surface area contributed by atoms with E-state index in [0.717, 1.165) is 47.1 Å². The quantitative estimate of drug-likeness (QED) is 0.0267. The predicted octanol–water partition coefficient (Wildman–Crippen LogP) is 6.91. The molecule has 1 amide bonds. The maximum absolute atomic E-state index is 15.2. The van der Waals surface area contributed by atoms with E-state index in [1.165, 1.54) is 5.56 Å². The van der Waals surface area contributed by atoms with Crippen LogP contribution in [0.4, 0.5) is 0 Å². The Hall–Kier alpha value is -7.01. The molecule has 3 aliphatic heterocycles. The smallest absolute Gasteiger partial charge is 0.243 e. The third-order valence-electron chi connectivity index (χ3n) is 19.4. The highest BCUT2D eigenvalue weighted by molar-refractivity contribution is 5.98. The first-order chi connectivity index (χ1) is 41.6. The lowest BCUT2D eigenvalue weighted by Gasteiger charge is -2.56. The number of aliphatic imine (C=N–C) groups is 1. The van der Waals surface area contributed by atoms with Crippen molar-refractivity contribution in [3.8, 4) is 17.6 Å². The number of hydrogen-bond donors (Lipinski definition) is 12. The fourth-order valence-electron chi connectivity index (χ4n) is 14.5. The van der Waals surface area contributed by atoms with Crippen molar-refractivity contribution >= 4 is 17.6 Å². The molecule has 2 aliphatic carbocycles. The molecule has 11 unspecified atom stereocenters. The van der Waals surface area contributed by atoms with Crippen LogP contribution in [-0.4, -0.2) is 109 Å². The fraction of sp³-hybridized carbons (Fsp3) is 0.451. The van der Waals surface area contributed by atoms with Gasteiger partial charge in [0.2, 0.25) is 5.91 Å². The summed E-state index contributed by atoms with van der Waals surface area (Å²) in [4.78, 5) is 33.9. The van der Waals surface area contributed by atoms with Gasteiger partial charge in [-0.25, -0.2) is 0 Å². The molecule has 16 nitrogen and oxygen atoms in total. The number of carbonyl (C=O) groups excluding carboxylic acids is 2. The van der Waals surface area contributed by atoms with Gasteiger partial charge >= 0.3 is 0 Å². The van der Waals surface area contributed by atoms with E-state index in [-0.39, 0.29) is 81.5 Å². The molecule has 15 N–H and O–H groups in total. The van der Waals surface area contributed by atoms with Crippen molar-refractivity contribution in [2.75, 3.05) is 26.3 Å². The maximum Gasteiger partial charge on any atom is 0.243 e. The molecule has 462 valence electrons. The van der Waals surface area contributed by atoms with E-state index in [0.29, 0.717) is 66.4 Å². The van der Waals surface area contributed by atoms with Crippen molar-refractivity contribution in [2.45, 2.75) is 152 Å². The van der Waals surface area contributed by atoms with Gasteiger partial charge in [0.1, 0.15) is 24.6 Å². The standard InChI is InChI=1S/C71H88N6O10/c1-44-13-9-22-52(43-87-36-8-7-16-47(30-35-71(44,85)86)18-10-17-46-14-5-4-6-15-46)56-32-34-70(65(56)82)60-29-28-54(79)38-48-19-11-20-49(37-48)39-58(59(41-76-68(73)74)50-24-26-53(78)27-25-50)62(81)42-75-64-63-51(21-12-23-57(63)66(72)77-67(64)83)40-61(80)45(2)55(60)31-33-69(70,3)84/h4-6,9,11-15,19-27,30,37,54,56,58-60,62,64-66,75,78-79,81-82,84-86H,1,10,16-18,28-29,31-36,38-43,72H2,2-3H3,(H,77,83)(H4,73,74,76). The Kier molecular flexibility index (Phi) is 21.1. The average molecular weight is 1190 g/mol. The summed E-state index contributed by atoms with van der Waals surface area (Å²) in [6.45, 7) is 7.84. The van der Waals surface area contributed by atoms with E-state index in [1.807, 2.05) is 72.8 Å². The van der Waals surface area contributed by atoms with E-state index in [1.54, 1.807) is 50.3 Å². The number of rotatable bonds is 9. The minimum absolute atomic E-state index is 0.0623. The number of ketones is 1. The van der Waals surface area contributed by atoms with Crippen LogP contribution in [0.1, 0.15) is 135 Å². The van der Waals surface area contributed by atoms with Crippen LogP contribution in [0.3, 0.4) is 0 Å². The minimum atomic E-state index is -2.24. The zero-order valence-corrected chi connectivity index (χ0v) is 50.2. The largest absolute Gasteiger partial charge is 0.508 e. The molecule has 16 heteroatoms. The number of ether oxygens (including phenoxy) is 1. The van der Waals surface area contributed by atoms with Crippen LogP contribution in [0.2, 0.25) is 0 Å². The Morgan fingerprint density at radius 2 is 1.64 bits per heavy atom. The fourth-order valence-corrected chi connectivity index (χ4v) is 14.5. The molecule has 5 aliphatic rings. The number of carbonyl (C=O) groups is 2. The number of hydrogen-bond acceptors (Lipinski definition) is 13. The van der Waals surface area contributed by atoms with E-state index in [2.05, 4.69) is 46.2 Å². The van der Waals surface area contributed by atoms with Crippen LogP contribution in [0.15, 0.2) is 161 Å². The van der Waals surface area contributed by atoms with Crippen molar-refractivity contribution in [3.63, 3.8) is 0 Å².